The van der Waals surface area contributed by atoms with Crippen molar-refractivity contribution in [3.63, 3.8) is 0 Å². The molecule has 2 fully saturated rings. The van der Waals surface area contributed by atoms with Gasteiger partial charge in [0.05, 0.1) is 0 Å². The third kappa shape index (κ3) is 4.43. The molecule has 1 aliphatic heterocycles. The molecule has 1 aromatic carbocycles. The van der Waals surface area contributed by atoms with Gasteiger partial charge in [0.1, 0.15) is 18.5 Å². The van der Waals surface area contributed by atoms with E-state index in [4.69, 9.17) is 4.74 Å². The highest BCUT2D eigenvalue weighted by molar-refractivity contribution is 5.27. The summed E-state index contributed by atoms with van der Waals surface area (Å²) in [7, 11) is 0. The minimum absolute atomic E-state index is 0.367. The number of piperazine rings is 1. The van der Waals surface area contributed by atoms with Crippen LogP contribution in [0.4, 0.5) is 0 Å². The van der Waals surface area contributed by atoms with Gasteiger partial charge in [0, 0.05) is 38.8 Å². The highest BCUT2D eigenvalue weighted by Gasteiger charge is 2.31. The number of nitrogens with zero attached hydrogens (tertiary/aromatic N) is 2. The standard InChI is InChI=1S/C17H26N2O2/c1-14-3-2-4-17(11-14)21-13-16(20)12-18-7-9-19(10-8-18)15-5-6-15/h2-4,11,15-16,20H,5-10,12-13H2,1H3. The van der Waals surface area contributed by atoms with Crippen LogP contribution in [-0.4, -0.2) is 66.4 Å². The van der Waals surface area contributed by atoms with Gasteiger partial charge in [0.2, 0.25) is 0 Å². The summed E-state index contributed by atoms with van der Waals surface area (Å²) in [5, 5.41) is 10.1. The number of aryl methyl sites for hydroxylation is 1. The molecule has 1 aliphatic carbocycles. The minimum Gasteiger partial charge on any atom is -0.491 e. The second-order valence-electron chi connectivity index (χ2n) is 6.35. The molecule has 1 aromatic rings. The molecule has 4 heteroatoms. The normalized spacial score (nSPS) is 22.2. The Morgan fingerprint density at radius 1 is 1.24 bits per heavy atom. The summed E-state index contributed by atoms with van der Waals surface area (Å²) in [6.07, 6.45) is 2.35. The molecule has 0 aromatic heterocycles. The molecule has 4 nitrogen and oxygen atoms in total. The van der Waals surface area contributed by atoms with Crippen LogP contribution in [0.15, 0.2) is 24.3 Å². The molecule has 0 amide bonds. The summed E-state index contributed by atoms with van der Waals surface area (Å²) in [4.78, 5) is 4.94. The number of aliphatic hydroxyl groups is 1. The largest absolute Gasteiger partial charge is 0.491 e. The van der Waals surface area contributed by atoms with Crippen molar-refractivity contribution in [3.8, 4) is 5.75 Å². The van der Waals surface area contributed by atoms with Crippen molar-refractivity contribution in [2.24, 2.45) is 0 Å². The molecule has 2 aliphatic rings. The van der Waals surface area contributed by atoms with Crippen LogP contribution >= 0.6 is 0 Å². The zero-order chi connectivity index (χ0) is 14.7. The summed E-state index contributed by atoms with van der Waals surface area (Å²) in [6.45, 7) is 7.56. The number of rotatable bonds is 6. The fraction of sp³-hybridized carbons (Fsp3) is 0.647. The predicted molar refractivity (Wildman–Crippen MR) is 83.7 cm³/mol. The van der Waals surface area contributed by atoms with E-state index in [1.165, 1.54) is 18.4 Å². The van der Waals surface area contributed by atoms with Crippen LogP contribution in [0.5, 0.6) is 5.75 Å². The number of benzene rings is 1. The summed E-state index contributed by atoms with van der Waals surface area (Å²) < 4.78 is 5.67. The molecule has 0 bridgehead atoms. The van der Waals surface area contributed by atoms with Gasteiger partial charge in [-0.25, -0.2) is 0 Å². The second kappa shape index (κ2) is 6.77. The van der Waals surface area contributed by atoms with Gasteiger partial charge >= 0.3 is 0 Å². The van der Waals surface area contributed by atoms with Crippen molar-refractivity contribution in [2.75, 3.05) is 39.3 Å². The lowest BCUT2D eigenvalue weighted by Gasteiger charge is -2.35. The first kappa shape index (κ1) is 14.8. The maximum Gasteiger partial charge on any atom is 0.119 e. The third-order valence-electron chi connectivity index (χ3n) is 4.37. The number of aliphatic hydroxyl groups excluding tert-OH is 1. The van der Waals surface area contributed by atoms with Gasteiger partial charge in [-0.05, 0) is 37.5 Å². The zero-order valence-corrected chi connectivity index (χ0v) is 12.9. The van der Waals surface area contributed by atoms with Crippen molar-refractivity contribution in [2.45, 2.75) is 31.9 Å². The van der Waals surface area contributed by atoms with E-state index >= 15 is 0 Å². The van der Waals surface area contributed by atoms with Crippen LogP contribution in [-0.2, 0) is 0 Å². The van der Waals surface area contributed by atoms with Gasteiger partial charge in [0.25, 0.3) is 0 Å². The first-order valence-corrected chi connectivity index (χ1v) is 8.04. The van der Waals surface area contributed by atoms with Gasteiger partial charge in [-0.2, -0.15) is 0 Å². The van der Waals surface area contributed by atoms with Gasteiger partial charge in [-0.15, -0.1) is 0 Å². The number of hydrogen-bond acceptors (Lipinski definition) is 4. The number of ether oxygens (including phenoxy) is 1. The maximum absolute atomic E-state index is 10.1. The molecule has 1 saturated carbocycles. The van der Waals surface area contributed by atoms with Gasteiger partial charge in [-0.1, -0.05) is 12.1 Å². The molecule has 21 heavy (non-hydrogen) atoms. The first-order chi connectivity index (χ1) is 10.2. The summed E-state index contributed by atoms with van der Waals surface area (Å²) >= 11 is 0. The lowest BCUT2D eigenvalue weighted by atomic mass is 10.2. The molecule has 3 rings (SSSR count). The van der Waals surface area contributed by atoms with Gasteiger partial charge < -0.3 is 9.84 Å². The Kier molecular flexibility index (Phi) is 4.78. The maximum atomic E-state index is 10.1. The van der Waals surface area contributed by atoms with Crippen LogP contribution < -0.4 is 4.74 Å². The fourth-order valence-corrected chi connectivity index (χ4v) is 3.00. The highest BCUT2D eigenvalue weighted by Crippen LogP contribution is 2.27. The number of hydrogen-bond donors (Lipinski definition) is 1. The Hall–Kier alpha value is -1.10. The summed E-state index contributed by atoms with van der Waals surface area (Å²) in [5.74, 6) is 0.840. The van der Waals surface area contributed by atoms with Crippen molar-refractivity contribution < 1.29 is 9.84 Å². The van der Waals surface area contributed by atoms with E-state index in [9.17, 15) is 5.11 Å². The molecular weight excluding hydrogens is 264 g/mol. The van der Waals surface area contributed by atoms with Crippen molar-refractivity contribution >= 4 is 0 Å². The van der Waals surface area contributed by atoms with Crippen LogP contribution in [0.1, 0.15) is 18.4 Å². The van der Waals surface area contributed by atoms with E-state index in [1.54, 1.807) is 0 Å². The quantitative estimate of drug-likeness (QED) is 0.861. The Morgan fingerprint density at radius 3 is 2.67 bits per heavy atom. The lowest BCUT2D eigenvalue weighted by Crippen LogP contribution is -2.49. The molecule has 0 spiro atoms. The molecule has 1 saturated heterocycles. The minimum atomic E-state index is -0.419. The molecule has 1 atom stereocenters. The molecule has 116 valence electrons. The predicted octanol–water partition coefficient (Wildman–Crippen LogP) is 1.51. The Morgan fingerprint density at radius 2 is 2.00 bits per heavy atom. The zero-order valence-electron chi connectivity index (χ0n) is 12.9. The Labute approximate surface area is 127 Å². The van der Waals surface area contributed by atoms with Crippen molar-refractivity contribution in [1.82, 2.24) is 9.80 Å². The average molecular weight is 290 g/mol. The number of β-amino-alcohol motifs (C(OH)–C–C–N with tert-alkyl or cyclic N) is 1. The monoisotopic (exact) mass is 290 g/mol. The Bertz CT molecular complexity index is 454. The summed E-state index contributed by atoms with van der Waals surface area (Å²) in [5.41, 5.74) is 1.18. The van der Waals surface area contributed by atoms with Crippen LogP contribution in [0.2, 0.25) is 0 Å². The van der Waals surface area contributed by atoms with Crippen LogP contribution in [0, 0.1) is 6.92 Å². The topological polar surface area (TPSA) is 35.9 Å². The first-order valence-electron chi connectivity index (χ1n) is 8.04. The van der Waals surface area contributed by atoms with E-state index in [0.29, 0.717) is 13.2 Å². The third-order valence-corrected chi connectivity index (χ3v) is 4.37. The van der Waals surface area contributed by atoms with E-state index in [0.717, 1.165) is 38.0 Å². The lowest BCUT2D eigenvalue weighted by molar-refractivity contribution is 0.0445. The molecule has 0 radical (unpaired) electrons. The van der Waals surface area contributed by atoms with E-state index in [-0.39, 0.29) is 0 Å². The smallest absolute Gasteiger partial charge is 0.119 e. The van der Waals surface area contributed by atoms with Crippen LogP contribution in [0.3, 0.4) is 0 Å². The van der Waals surface area contributed by atoms with E-state index in [2.05, 4.69) is 9.80 Å². The van der Waals surface area contributed by atoms with Crippen molar-refractivity contribution in [3.05, 3.63) is 29.8 Å². The highest BCUT2D eigenvalue weighted by atomic mass is 16.5. The Balaban J connectivity index is 1.37. The second-order valence-corrected chi connectivity index (χ2v) is 6.35. The summed E-state index contributed by atoms with van der Waals surface area (Å²) in [6, 6.07) is 8.83. The average Bonchev–Trinajstić information content (AvgIpc) is 3.31. The van der Waals surface area contributed by atoms with E-state index in [1.807, 2.05) is 31.2 Å². The molecular formula is C17H26N2O2. The SMILES string of the molecule is Cc1cccc(OCC(O)CN2CCN(C3CC3)CC2)c1. The molecule has 1 unspecified atom stereocenters. The van der Waals surface area contributed by atoms with Crippen LogP contribution in [0.25, 0.3) is 0 Å². The molecule has 1 heterocycles. The van der Waals surface area contributed by atoms with E-state index < -0.39 is 6.10 Å². The van der Waals surface area contributed by atoms with Crippen molar-refractivity contribution in [1.29, 1.82) is 0 Å². The van der Waals surface area contributed by atoms with Gasteiger partial charge in [0.15, 0.2) is 0 Å². The molecule has 1 N–H and O–H groups in total. The fourth-order valence-electron chi connectivity index (χ4n) is 3.00. The van der Waals surface area contributed by atoms with Gasteiger partial charge in [-0.3, -0.25) is 9.80 Å².